The average Bonchev–Trinajstić information content (AvgIpc) is 3.32. The highest BCUT2D eigenvalue weighted by Gasteiger charge is 2.46. The third-order valence-electron chi connectivity index (χ3n) is 7.64. The van der Waals surface area contributed by atoms with Crippen LogP contribution >= 0.6 is 11.8 Å². The van der Waals surface area contributed by atoms with Crippen LogP contribution < -0.4 is 9.64 Å². The van der Waals surface area contributed by atoms with Crippen LogP contribution in [0.25, 0.3) is 0 Å². The third kappa shape index (κ3) is 6.96. The van der Waals surface area contributed by atoms with Crippen molar-refractivity contribution in [3.05, 3.63) is 12.1 Å². The van der Waals surface area contributed by atoms with Crippen molar-refractivity contribution >= 4 is 34.4 Å². The minimum Gasteiger partial charge on any atom is -0.491 e. The summed E-state index contributed by atoms with van der Waals surface area (Å²) >= 11 is 1.27. The Morgan fingerprint density at radius 3 is 2.53 bits per heavy atom. The Kier molecular flexibility index (Phi) is 8.93. The molecule has 0 amide bonds. The number of carboxylic acids is 1. The number of halogens is 4. The van der Waals surface area contributed by atoms with Crippen molar-refractivity contribution in [2.75, 3.05) is 25.1 Å². The number of anilines is 1. The molecule has 1 aliphatic heterocycles. The predicted molar refractivity (Wildman–Crippen MR) is 140 cm³/mol. The number of carboxylic acid groups (broad SMARTS) is 1. The first-order valence-corrected chi connectivity index (χ1v) is 15.1. The number of fused-ring (bicyclic) bond motifs is 1. The molecule has 1 aromatic rings. The highest BCUT2D eigenvalue weighted by molar-refractivity contribution is 8.00. The fraction of sp³-hybridized carbons (Fsp3) is 0.731. The van der Waals surface area contributed by atoms with Crippen LogP contribution in [0.2, 0.25) is 0 Å². The molecule has 0 radical (unpaired) electrons. The van der Waals surface area contributed by atoms with Gasteiger partial charge in [-0.1, -0.05) is 12.8 Å². The maximum atomic E-state index is 13.8. The number of nitrogens with zero attached hydrogens (tertiary/aromatic N) is 2. The molecule has 38 heavy (non-hydrogen) atoms. The van der Waals surface area contributed by atoms with E-state index in [1.807, 2.05) is 6.07 Å². The van der Waals surface area contributed by atoms with Crippen LogP contribution in [0.3, 0.4) is 0 Å². The van der Waals surface area contributed by atoms with E-state index in [1.54, 1.807) is 17.4 Å². The summed E-state index contributed by atoms with van der Waals surface area (Å²) in [6, 6.07) is 3.24. The van der Waals surface area contributed by atoms with Gasteiger partial charge in [-0.25, -0.2) is 26.1 Å². The zero-order chi connectivity index (χ0) is 27.8. The molecule has 2 aliphatic carbocycles. The van der Waals surface area contributed by atoms with Crippen molar-refractivity contribution in [2.45, 2.75) is 104 Å². The molecule has 2 fully saturated rings. The molecule has 1 heterocycles. The first-order valence-electron chi connectivity index (χ1n) is 13.1. The van der Waals surface area contributed by atoms with Crippen LogP contribution in [0.1, 0.15) is 65.2 Å². The Labute approximate surface area is 228 Å². The summed E-state index contributed by atoms with van der Waals surface area (Å²) in [6.07, 6.45) is 3.27. The van der Waals surface area contributed by atoms with Gasteiger partial charge in [-0.05, 0) is 39.2 Å². The second-order valence-corrected chi connectivity index (χ2v) is 13.8. The normalized spacial score (nSPS) is 25.5. The summed E-state index contributed by atoms with van der Waals surface area (Å²) < 4.78 is 76.1. The number of aliphatic carboxylic acids is 1. The molecule has 4 rings (SSSR count). The van der Waals surface area contributed by atoms with E-state index >= 15 is 0 Å². The molecule has 0 bridgehead atoms. The van der Waals surface area contributed by atoms with Crippen molar-refractivity contribution < 1.29 is 36.4 Å². The summed E-state index contributed by atoms with van der Waals surface area (Å²) in [4.78, 5) is 14.6. The summed E-state index contributed by atoms with van der Waals surface area (Å²) in [7, 11) is -0.0205. The number of carbonyl (C=O) groups is 1. The van der Waals surface area contributed by atoms with Crippen molar-refractivity contribution in [2.24, 2.45) is 5.92 Å². The predicted octanol–water partition coefficient (Wildman–Crippen LogP) is 6.20. The Hall–Kier alpha value is -1.53. The number of hydrogen-bond donors (Lipinski definition) is 1. The van der Waals surface area contributed by atoms with Crippen molar-refractivity contribution in [3.8, 4) is 5.75 Å². The van der Waals surface area contributed by atoms with E-state index in [9.17, 15) is 31.7 Å². The molecule has 1 aromatic carbocycles. The van der Waals surface area contributed by atoms with Crippen LogP contribution in [-0.2, 0) is 15.8 Å². The minimum absolute atomic E-state index is 0.133. The topological polar surface area (TPSA) is 70.1 Å². The first-order chi connectivity index (χ1) is 17.7. The van der Waals surface area contributed by atoms with Gasteiger partial charge in [0.2, 0.25) is 11.8 Å². The molecular formula is C26H36F4N2O4S2. The Balaban J connectivity index is 1.72. The van der Waals surface area contributed by atoms with E-state index in [4.69, 9.17) is 4.74 Å². The van der Waals surface area contributed by atoms with Crippen LogP contribution in [0, 0.1) is 5.92 Å². The maximum absolute atomic E-state index is 13.8. The third-order valence-corrected chi connectivity index (χ3v) is 10.4. The van der Waals surface area contributed by atoms with Crippen LogP contribution in [0.15, 0.2) is 21.9 Å². The number of likely N-dealkylation sites (N-methyl/N-ethyl adjacent to an activating group) is 1. The van der Waals surface area contributed by atoms with Crippen molar-refractivity contribution in [3.63, 3.8) is 0 Å². The second kappa shape index (κ2) is 11.5. The molecule has 6 nitrogen and oxygen atoms in total. The number of thioether (sulfide) groups is 1. The zero-order valence-electron chi connectivity index (χ0n) is 21.9. The Morgan fingerprint density at radius 2 is 1.95 bits per heavy atom. The molecule has 2 saturated carbocycles. The lowest BCUT2D eigenvalue weighted by atomic mass is 9.94. The maximum Gasteiger partial charge on any atom is 0.309 e. The lowest BCUT2D eigenvalue weighted by Crippen LogP contribution is -2.44. The molecule has 3 unspecified atom stereocenters. The van der Waals surface area contributed by atoms with Gasteiger partial charge in [-0.15, -0.1) is 11.8 Å². The van der Waals surface area contributed by atoms with Gasteiger partial charge in [0.15, 0.2) is 0 Å². The molecule has 214 valence electrons. The number of benzene rings is 1. The molecule has 0 spiro atoms. The van der Waals surface area contributed by atoms with Gasteiger partial charge in [0.1, 0.15) is 23.3 Å². The fourth-order valence-corrected chi connectivity index (χ4v) is 7.98. The number of ether oxygens (including phenoxy) is 1. The smallest absolute Gasteiger partial charge is 0.309 e. The summed E-state index contributed by atoms with van der Waals surface area (Å²) in [5.41, 5.74) is 0.708. The number of rotatable bonds is 10. The van der Waals surface area contributed by atoms with Gasteiger partial charge in [-0.3, -0.25) is 4.79 Å². The zero-order valence-corrected chi connectivity index (χ0v) is 23.6. The molecule has 0 saturated heterocycles. The van der Waals surface area contributed by atoms with Gasteiger partial charge < -0.3 is 14.7 Å². The number of hydrogen-bond acceptors (Lipinski definition) is 5. The van der Waals surface area contributed by atoms with Gasteiger partial charge >= 0.3 is 5.97 Å². The summed E-state index contributed by atoms with van der Waals surface area (Å²) in [6.45, 7) is 2.69. The van der Waals surface area contributed by atoms with Crippen molar-refractivity contribution in [1.82, 2.24) is 4.31 Å². The lowest BCUT2D eigenvalue weighted by molar-refractivity contribution is -0.142. The first kappa shape index (κ1) is 29.5. The van der Waals surface area contributed by atoms with E-state index in [-0.39, 0.29) is 49.6 Å². The van der Waals surface area contributed by atoms with Crippen molar-refractivity contribution in [1.29, 1.82) is 0 Å². The second-order valence-electron chi connectivity index (χ2n) is 11.0. The fourth-order valence-electron chi connectivity index (χ4n) is 5.24. The van der Waals surface area contributed by atoms with Gasteiger partial charge in [0, 0.05) is 56.3 Å². The molecule has 3 aliphatic rings. The van der Waals surface area contributed by atoms with E-state index in [0.29, 0.717) is 27.8 Å². The molecule has 0 aromatic heterocycles. The van der Waals surface area contributed by atoms with E-state index in [1.165, 1.54) is 18.7 Å². The molecule has 3 atom stereocenters. The largest absolute Gasteiger partial charge is 0.491 e. The average molecular weight is 581 g/mol. The molecule has 12 heteroatoms. The molecule has 1 N–H and O–H groups in total. The highest BCUT2D eigenvalue weighted by Crippen LogP contribution is 2.50. The monoisotopic (exact) mass is 580 g/mol. The van der Waals surface area contributed by atoms with Gasteiger partial charge in [-0.2, -0.15) is 0 Å². The minimum atomic E-state index is -2.84. The van der Waals surface area contributed by atoms with E-state index < -0.39 is 34.7 Å². The van der Waals surface area contributed by atoms with Gasteiger partial charge in [0.05, 0.1) is 21.4 Å². The SMILES string of the molecule is CC(COc1cc2c(cc1SC1CC(F)(F)C1)N(C1CCCC1)CC(CCC(C)(F)F)N(C)S2=O)C(=O)O. The van der Waals surface area contributed by atoms with Crippen LogP contribution in [0.4, 0.5) is 23.2 Å². The highest BCUT2D eigenvalue weighted by atomic mass is 32.2. The summed E-state index contributed by atoms with van der Waals surface area (Å²) in [5, 5.41) is 8.98. The number of alkyl halides is 4. The lowest BCUT2D eigenvalue weighted by Gasteiger charge is -2.36. The quantitative estimate of drug-likeness (QED) is 0.333. The molecular weight excluding hydrogens is 544 g/mol. The Morgan fingerprint density at radius 1 is 1.29 bits per heavy atom. The van der Waals surface area contributed by atoms with E-state index in [0.717, 1.165) is 32.6 Å². The van der Waals surface area contributed by atoms with E-state index in [2.05, 4.69) is 4.90 Å². The van der Waals surface area contributed by atoms with Crippen LogP contribution in [0.5, 0.6) is 5.75 Å². The standard InChI is InChI=1S/C26H36F4N2O4S2/c1-16(24(33)34)15-36-21-11-23-20(10-22(21)37-19-12-26(29,30)13-19)32(17-6-4-5-7-17)14-18(31(3)38(23)35)8-9-25(2,27)28/h10-11,16-19H,4-9,12-15H2,1-3H3,(H,33,34). The van der Waals surface area contributed by atoms with Gasteiger partial charge in [0.25, 0.3) is 0 Å². The summed E-state index contributed by atoms with van der Waals surface area (Å²) in [5.74, 6) is -7.06. The van der Waals surface area contributed by atoms with Crippen LogP contribution in [-0.4, -0.2) is 69.0 Å². The Bertz CT molecular complexity index is 1040.